The molecular weight excluding hydrogens is 325 g/mol. The van der Waals surface area contributed by atoms with Crippen LogP contribution in [0.1, 0.15) is 28.7 Å². The maximum absolute atomic E-state index is 14.1. The summed E-state index contributed by atoms with van der Waals surface area (Å²) < 4.78 is 20.6. The number of halogens is 1. The van der Waals surface area contributed by atoms with Crippen LogP contribution in [0.4, 0.5) is 10.2 Å². The van der Waals surface area contributed by atoms with Gasteiger partial charge in [0.25, 0.3) is 5.91 Å². The van der Waals surface area contributed by atoms with E-state index in [9.17, 15) is 14.0 Å². The molecule has 0 spiro atoms. The van der Waals surface area contributed by atoms with Crippen molar-refractivity contribution in [1.82, 2.24) is 9.55 Å². The smallest absolute Gasteiger partial charge is 0.351 e. The lowest BCUT2D eigenvalue weighted by molar-refractivity contribution is -0.0249. The molecule has 2 N–H and O–H groups in total. The molecule has 1 amide bonds. The van der Waals surface area contributed by atoms with Gasteiger partial charge in [0.15, 0.2) is 11.6 Å². The maximum atomic E-state index is 14.1. The summed E-state index contributed by atoms with van der Waals surface area (Å²) in [5, 5.41) is 13.0. The van der Waals surface area contributed by atoms with Crippen molar-refractivity contribution in [1.29, 1.82) is 0 Å². The van der Waals surface area contributed by atoms with Crippen molar-refractivity contribution in [2.75, 3.05) is 11.9 Å². The van der Waals surface area contributed by atoms with Crippen LogP contribution < -0.4 is 11.0 Å². The molecule has 2 unspecified atom stereocenters. The van der Waals surface area contributed by atoms with Gasteiger partial charge in [-0.15, -0.1) is 11.3 Å². The zero-order valence-corrected chi connectivity index (χ0v) is 12.8. The van der Waals surface area contributed by atoms with Crippen molar-refractivity contribution in [2.24, 2.45) is 0 Å². The lowest BCUT2D eigenvalue weighted by atomic mass is 10.2. The first kappa shape index (κ1) is 15.8. The highest BCUT2D eigenvalue weighted by atomic mass is 32.1. The van der Waals surface area contributed by atoms with E-state index in [1.807, 2.05) is 0 Å². The molecular formula is C14H14FN3O4S. The summed E-state index contributed by atoms with van der Waals surface area (Å²) in [5.74, 6) is -1.77. The van der Waals surface area contributed by atoms with E-state index in [4.69, 9.17) is 9.84 Å². The van der Waals surface area contributed by atoms with Gasteiger partial charge in [0, 0.05) is 0 Å². The van der Waals surface area contributed by atoms with Gasteiger partial charge in [-0.05, 0) is 24.3 Å². The maximum Gasteiger partial charge on any atom is 0.351 e. The summed E-state index contributed by atoms with van der Waals surface area (Å²) in [6, 6.07) is 3.27. The van der Waals surface area contributed by atoms with Gasteiger partial charge in [0.05, 0.1) is 23.8 Å². The Balaban J connectivity index is 1.81. The third kappa shape index (κ3) is 3.31. The first-order valence-corrected chi connectivity index (χ1v) is 7.86. The van der Waals surface area contributed by atoms with Gasteiger partial charge >= 0.3 is 5.69 Å². The molecule has 3 heterocycles. The monoisotopic (exact) mass is 339 g/mol. The van der Waals surface area contributed by atoms with E-state index in [2.05, 4.69) is 10.3 Å². The third-order valence-electron chi connectivity index (χ3n) is 3.48. The molecule has 1 saturated heterocycles. The van der Waals surface area contributed by atoms with Crippen molar-refractivity contribution >= 4 is 23.1 Å². The Labute approximate surface area is 134 Å². The van der Waals surface area contributed by atoms with Crippen LogP contribution in [-0.4, -0.2) is 33.3 Å². The number of carbonyl (C=O) groups is 1. The summed E-state index contributed by atoms with van der Waals surface area (Å²) in [5.41, 5.74) is -0.725. The van der Waals surface area contributed by atoms with Crippen molar-refractivity contribution in [2.45, 2.75) is 25.2 Å². The number of anilines is 1. The van der Waals surface area contributed by atoms with E-state index in [-0.39, 0.29) is 12.7 Å². The van der Waals surface area contributed by atoms with Gasteiger partial charge in [0.1, 0.15) is 6.23 Å². The molecule has 0 radical (unpaired) electrons. The number of ether oxygens (including phenoxy) is 1. The van der Waals surface area contributed by atoms with Crippen LogP contribution >= 0.6 is 11.3 Å². The minimum Gasteiger partial charge on any atom is -0.394 e. The zero-order valence-electron chi connectivity index (χ0n) is 11.9. The molecule has 2 aromatic rings. The molecule has 0 bridgehead atoms. The van der Waals surface area contributed by atoms with Gasteiger partial charge in [0.2, 0.25) is 0 Å². The standard InChI is InChI=1S/C14H14FN3O4S/c15-9-6-18(11-4-3-8(7-19)22-11)14(21)17-12(9)16-13(20)10-2-1-5-23-10/h1-2,5-6,8,11,19H,3-4,7H2,(H,16,17,20,21). The lowest BCUT2D eigenvalue weighted by Gasteiger charge is -2.15. The topological polar surface area (TPSA) is 93.5 Å². The number of rotatable bonds is 4. The second-order valence-corrected chi connectivity index (χ2v) is 5.98. The molecule has 0 saturated carbocycles. The summed E-state index contributed by atoms with van der Waals surface area (Å²) in [6.45, 7) is -0.157. The Morgan fingerprint density at radius 3 is 3.04 bits per heavy atom. The highest BCUT2D eigenvalue weighted by Crippen LogP contribution is 2.27. The van der Waals surface area contributed by atoms with Crippen molar-refractivity contribution in [3.05, 3.63) is 44.9 Å². The predicted octanol–water partition coefficient (Wildman–Crippen LogP) is 1.37. The summed E-state index contributed by atoms with van der Waals surface area (Å²) >= 11 is 1.20. The van der Waals surface area contributed by atoms with Gasteiger partial charge in [-0.3, -0.25) is 9.36 Å². The molecule has 0 aromatic carbocycles. The summed E-state index contributed by atoms with van der Waals surface area (Å²) in [7, 11) is 0. The number of aromatic nitrogens is 2. The fourth-order valence-electron chi connectivity index (χ4n) is 2.34. The van der Waals surface area contributed by atoms with E-state index < -0.39 is 29.5 Å². The number of carbonyl (C=O) groups excluding carboxylic acids is 1. The number of nitrogens with zero attached hydrogens (tertiary/aromatic N) is 2. The molecule has 0 aliphatic carbocycles. The average molecular weight is 339 g/mol. The third-order valence-corrected chi connectivity index (χ3v) is 4.35. The molecule has 3 rings (SSSR count). The van der Waals surface area contributed by atoms with Crippen LogP contribution in [0.25, 0.3) is 0 Å². The first-order chi connectivity index (χ1) is 11.1. The average Bonchev–Trinajstić information content (AvgIpc) is 3.21. The van der Waals surface area contributed by atoms with E-state index in [0.717, 1.165) is 10.8 Å². The quantitative estimate of drug-likeness (QED) is 0.877. The van der Waals surface area contributed by atoms with E-state index in [0.29, 0.717) is 17.7 Å². The number of nitrogens with one attached hydrogen (secondary N) is 1. The highest BCUT2D eigenvalue weighted by molar-refractivity contribution is 7.12. The minimum absolute atomic E-state index is 0.157. The van der Waals surface area contributed by atoms with Crippen LogP contribution in [0.15, 0.2) is 28.5 Å². The second-order valence-electron chi connectivity index (χ2n) is 5.03. The molecule has 1 aliphatic heterocycles. The van der Waals surface area contributed by atoms with Crippen LogP contribution in [0.5, 0.6) is 0 Å². The number of aliphatic hydroxyl groups excluding tert-OH is 1. The number of hydrogen-bond donors (Lipinski definition) is 2. The van der Waals surface area contributed by atoms with Crippen molar-refractivity contribution in [3.63, 3.8) is 0 Å². The fraction of sp³-hybridized carbons (Fsp3) is 0.357. The molecule has 122 valence electrons. The van der Waals surface area contributed by atoms with Crippen LogP contribution in [0.3, 0.4) is 0 Å². The summed E-state index contributed by atoms with van der Waals surface area (Å²) in [6.07, 6.45) is 0.986. The molecule has 1 fully saturated rings. The highest BCUT2D eigenvalue weighted by Gasteiger charge is 2.27. The van der Waals surface area contributed by atoms with E-state index in [1.165, 1.54) is 11.3 Å². The number of amides is 1. The molecule has 7 nitrogen and oxygen atoms in total. The first-order valence-electron chi connectivity index (χ1n) is 6.98. The van der Waals surface area contributed by atoms with Crippen LogP contribution in [-0.2, 0) is 4.74 Å². The van der Waals surface area contributed by atoms with E-state index >= 15 is 0 Å². The van der Waals surface area contributed by atoms with Gasteiger partial charge in [-0.25, -0.2) is 9.18 Å². The van der Waals surface area contributed by atoms with Gasteiger partial charge in [-0.1, -0.05) is 6.07 Å². The van der Waals surface area contributed by atoms with Crippen molar-refractivity contribution < 1.29 is 19.0 Å². The van der Waals surface area contributed by atoms with E-state index in [1.54, 1.807) is 17.5 Å². The molecule has 1 aliphatic rings. The molecule has 2 atom stereocenters. The number of thiophene rings is 1. The SMILES string of the molecule is O=C(Nc1nc(=O)n(C2CCC(CO)O2)cc1F)c1cccs1. The van der Waals surface area contributed by atoms with Crippen molar-refractivity contribution in [3.8, 4) is 0 Å². The second kappa shape index (κ2) is 6.57. The summed E-state index contributed by atoms with van der Waals surface area (Å²) in [4.78, 5) is 27.9. The normalized spacial score (nSPS) is 20.6. The largest absolute Gasteiger partial charge is 0.394 e. The van der Waals surface area contributed by atoms with Crippen LogP contribution in [0, 0.1) is 5.82 Å². The molecule has 23 heavy (non-hydrogen) atoms. The Morgan fingerprint density at radius 2 is 2.39 bits per heavy atom. The lowest BCUT2D eigenvalue weighted by Crippen LogP contribution is -2.29. The van der Waals surface area contributed by atoms with Crippen LogP contribution in [0.2, 0.25) is 0 Å². The number of hydrogen-bond acceptors (Lipinski definition) is 6. The van der Waals surface area contributed by atoms with Gasteiger partial charge in [-0.2, -0.15) is 4.98 Å². The Kier molecular flexibility index (Phi) is 4.51. The molecule has 9 heteroatoms. The predicted molar refractivity (Wildman–Crippen MR) is 81.0 cm³/mol. The molecule has 2 aromatic heterocycles. The minimum atomic E-state index is -0.828. The Morgan fingerprint density at radius 1 is 1.57 bits per heavy atom. The Hall–Kier alpha value is -2.10. The zero-order chi connectivity index (χ0) is 16.4. The number of aliphatic hydroxyl groups is 1. The Bertz CT molecular complexity index is 762. The fourth-order valence-corrected chi connectivity index (χ4v) is 2.96. The van der Waals surface area contributed by atoms with Gasteiger partial charge < -0.3 is 15.2 Å².